The summed E-state index contributed by atoms with van der Waals surface area (Å²) in [7, 11) is 0. The molecule has 2 amide bonds. The topological polar surface area (TPSA) is 84.5 Å². The van der Waals surface area contributed by atoms with E-state index in [-0.39, 0.29) is 24.4 Å². The normalized spacial score (nSPS) is 13.8. The Balaban J connectivity index is 1.41. The third kappa shape index (κ3) is 7.36. The summed E-state index contributed by atoms with van der Waals surface area (Å²) in [4.78, 5) is 40.3. The van der Waals surface area contributed by atoms with Gasteiger partial charge in [0.1, 0.15) is 5.00 Å². The minimum Gasteiger partial charge on any atom is -0.462 e. The first-order chi connectivity index (χ1) is 18.4. The van der Waals surface area contributed by atoms with Crippen molar-refractivity contribution in [3.8, 4) is 0 Å². The van der Waals surface area contributed by atoms with E-state index in [9.17, 15) is 14.4 Å². The number of aryl methyl sites for hydroxylation is 1. The number of hydrogen-bond acceptors (Lipinski definition) is 6. The van der Waals surface area contributed by atoms with Gasteiger partial charge in [-0.15, -0.1) is 23.1 Å². The second-order valence-corrected chi connectivity index (χ2v) is 11.5. The van der Waals surface area contributed by atoms with Gasteiger partial charge in [-0.2, -0.15) is 0 Å². The summed E-state index contributed by atoms with van der Waals surface area (Å²) in [6.45, 7) is 3.91. The average molecular weight is 549 g/mol. The van der Waals surface area contributed by atoms with Crippen LogP contribution in [0.25, 0.3) is 6.08 Å². The van der Waals surface area contributed by atoms with Crippen molar-refractivity contribution in [2.45, 2.75) is 56.1 Å². The Hall–Kier alpha value is -3.36. The summed E-state index contributed by atoms with van der Waals surface area (Å²) in [5.41, 5.74) is 3.15. The monoisotopic (exact) mass is 548 g/mol. The Labute approximate surface area is 231 Å². The molecule has 3 aromatic rings. The lowest BCUT2D eigenvalue weighted by Gasteiger charge is -2.13. The lowest BCUT2D eigenvalue weighted by molar-refractivity contribution is -0.115. The van der Waals surface area contributed by atoms with E-state index in [0.717, 1.165) is 48.1 Å². The molecule has 1 atom stereocenters. The molecular weight excluding hydrogens is 516 g/mol. The molecule has 1 aliphatic rings. The molecule has 1 aliphatic carbocycles. The first kappa shape index (κ1) is 27.7. The van der Waals surface area contributed by atoms with Crippen molar-refractivity contribution in [2.75, 3.05) is 17.2 Å². The molecule has 1 unspecified atom stereocenters. The smallest absolute Gasteiger partial charge is 0.341 e. The minimum absolute atomic E-state index is 0.183. The van der Waals surface area contributed by atoms with Gasteiger partial charge in [-0.05, 0) is 74.9 Å². The predicted octanol–water partition coefficient (Wildman–Crippen LogP) is 6.96. The maximum Gasteiger partial charge on any atom is 0.341 e. The van der Waals surface area contributed by atoms with Crippen LogP contribution < -0.4 is 10.6 Å². The number of ether oxygens (including phenoxy) is 1. The van der Waals surface area contributed by atoms with Gasteiger partial charge in [0, 0.05) is 21.5 Å². The molecule has 4 rings (SSSR count). The van der Waals surface area contributed by atoms with Gasteiger partial charge >= 0.3 is 5.97 Å². The third-order valence-electron chi connectivity index (χ3n) is 6.15. The fourth-order valence-electron chi connectivity index (χ4n) is 4.29. The van der Waals surface area contributed by atoms with E-state index in [4.69, 9.17) is 4.74 Å². The zero-order valence-corrected chi connectivity index (χ0v) is 23.3. The van der Waals surface area contributed by atoms with Crippen molar-refractivity contribution in [2.24, 2.45) is 0 Å². The van der Waals surface area contributed by atoms with Crippen molar-refractivity contribution in [1.29, 1.82) is 0 Å². The SMILES string of the molecule is CCOC(=O)c1c(NC(=O)C(C)Sc2cccc(NC(=O)/C=C/c3ccccc3)c2)sc2c1CCCCC2. The number of fused-ring (bicyclic) bond motifs is 1. The van der Waals surface area contributed by atoms with E-state index in [0.29, 0.717) is 16.3 Å². The fraction of sp³-hybridized carbons (Fsp3) is 0.300. The first-order valence-corrected chi connectivity index (χ1v) is 14.6. The Kier molecular flexibility index (Phi) is 9.79. The molecule has 0 radical (unpaired) electrons. The maximum atomic E-state index is 13.2. The summed E-state index contributed by atoms with van der Waals surface area (Å²) < 4.78 is 5.33. The van der Waals surface area contributed by atoms with Crippen molar-refractivity contribution in [3.63, 3.8) is 0 Å². The molecule has 6 nitrogen and oxygen atoms in total. The van der Waals surface area contributed by atoms with Crippen LogP contribution in [0, 0.1) is 0 Å². The number of nitrogens with one attached hydrogen (secondary N) is 2. The molecule has 0 aliphatic heterocycles. The summed E-state index contributed by atoms with van der Waals surface area (Å²) in [5, 5.41) is 6.04. The predicted molar refractivity (Wildman–Crippen MR) is 156 cm³/mol. The molecule has 0 bridgehead atoms. The molecule has 0 saturated carbocycles. The fourth-order valence-corrected chi connectivity index (χ4v) is 6.49. The molecule has 1 heterocycles. The van der Waals surface area contributed by atoms with Crippen LogP contribution in [-0.4, -0.2) is 29.6 Å². The number of carbonyl (C=O) groups excluding carboxylic acids is 3. The molecule has 2 N–H and O–H groups in total. The number of thiophene rings is 1. The summed E-state index contributed by atoms with van der Waals surface area (Å²) in [5.74, 6) is -0.782. The largest absolute Gasteiger partial charge is 0.462 e. The third-order valence-corrected chi connectivity index (χ3v) is 8.45. The summed E-state index contributed by atoms with van der Waals surface area (Å²) in [6, 6.07) is 17.0. The van der Waals surface area contributed by atoms with E-state index in [1.807, 2.05) is 61.5 Å². The average Bonchev–Trinajstić information content (AvgIpc) is 3.08. The molecule has 38 heavy (non-hydrogen) atoms. The number of benzene rings is 2. The number of amides is 2. The second kappa shape index (κ2) is 13.4. The molecule has 1 aromatic heterocycles. The van der Waals surface area contributed by atoms with Gasteiger partial charge < -0.3 is 15.4 Å². The van der Waals surface area contributed by atoms with E-state index >= 15 is 0 Å². The van der Waals surface area contributed by atoms with Gasteiger partial charge in [-0.3, -0.25) is 9.59 Å². The van der Waals surface area contributed by atoms with Crippen LogP contribution in [0.4, 0.5) is 10.7 Å². The Bertz CT molecular complexity index is 1320. The van der Waals surface area contributed by atoms with Crippen LogP contribution in [0.3, 0.4) is 0 Å². The van der Waals surface area contributed by atoms with Gasteiger partial charge in [0.05, 0.1) is 17.4 Å². The summed E-state index contributed by atoms with van der Waals surface area (Å²) >= 11 is 2.89. The van der Waals surface area contributed by atoms with Gasteiger partial charge in [-0.25, -0.2) is 4.79 Å². The number of thioether (sulfide) groups is 1. The Morgan fingerprint density at radius 3 is 2.61 bits per heavy atom. The Morgan fingerprint density at radius 1 is 1.03 bits per heavy atom. The molecule has 0 spiro atoms. The van der Waals surface area contributed by atoms with E-state index < -0.39 is 5.25 Å². The van der Waals surface area contributed by atoms with Crippen LogP contribution in [0.2, 0.25) is 0 Å². The van der Waals surface area contributed by atoms with Crippen molar-refractivity contribution in [3.05, 3.63) is 82.2 Å². The highest BCUT2D eigenvalue weighted by atomic mass is 32.2. The second-order valence-electron chi connectivity index (χ2n) is 9.00. The summed E-state index contributed by atoms with van der Waals surface area (Å²) in [6.07, 6.45) is 8.27. The van der Waals surface area contributed by atoms with Crippen LogP contribution in [0.15, 0.2) is 65.6 Å². The Morgan fingerprint density at radius 2 is 1.82 bits per heavy atom. The van der Waals surface area contributed by atoms with Gasteiger partial charge in [0.15, 0.2) is 0 Å². The first-order valence-electron chi connectivity index (χ1n) is 12.9. The lowest BCUT2D eigenvalue weighted by Crippen LogP contribution is -2.23. The highest BCUT2D eigenvalue weighted by Crippen LogP contribution is 2.38. The molecule has 8 heteroatoms. The molecular formula is C30H32N2O4S2. The molecule has 0 saturated heterocycles. The van der Waals surface area contributed by atoms with Gasteiger partial charge in [-0.1, -0.05) is 42.8 Å². The molecule has 0 fully saturated rings. The number of carbonyl (C=O) groups is 3. The minimum atomic E-state index is -0.420. The zero-order valence-electron chi connectivity index (χ0n) is 21.6. The zero-order chi connectivity index (χ0) is 26.9. The number of rotatable bonds is 9. The van der Waals surface area contributed by atoms with Crippen LogP contribution in [0.1, 0.15) is 59.5 Å². The highest BCUT2D eigenvalue weighted by Gasteiger charge is 2.27. The van der Waals surface area contributed by atoms with E-state index in [1.54, 1.807) is 13.0 Å². The van der Waals surface area contributed by atoms with Crippen molar-refractivity contribution >= 4 is 57.6 Å². The number of esters is 1. The standard InChI is InChI=1S/C30H32N2O4S2/c1-3-36-30(35)27-24-15-8-5-9-16-25(24)38-29(27)32-28(34)20(2)37-23-14-10-13-22(19-23)31-26(33)18-17-21-11-6-4-7-12-21/h4,6-7,10-14,17-20H,3,5,8-9,15-16H2,1-2H3,(H,31,33)(H,32,34)/b18-17+. The van der Waals surface area contributed by atoms with Crippen LogP contribution in [-0.2, 0) is 27.2 Å². The van der Waals surface area contributed by atoms with Crippen molar-refractivity contribution < 1.29 is 19.1 Å². The van der Waals surface area contributed by atoms with E-state index in [1.165, 1.54) is 34.1 Å². The highest BCUT2D eigenvalue weighted by molar-refractivity contribution is 8.00. The molecule has 2 aromatic carbocycles. The number of hydrogen-bond donors (Lipinski definition) is 2. The van der Waals surface area contributed by atoms with Gasteiger partial charge in [0.25, 0.3) is 0 Å². The quantitative estimate of drug-likeness (QED) is 0.131. The van der Waals surface area contributed by atoms with Gasteiger partial charge in [0.2, 0.25) is 11.8 Å². The van der Waals surface area contributed by atoms with Crippen molar-refractivity contribution in [1.82, 2.24) is 0 Å². The lowest BCUT2D eigenvalue weighted by atomic mass is 10.1. The van der Waals surface area contributed by atoms with Crippen LogP contribution in [0.5, 0.6) is 0 Å². The molecule has 198 valence electrons. The van der Waals surface area contributed by atoms with E-state index in [2.05, 4.69) is 10.6 Å². The number of anilines is 2. The van der Waals surface area contributed by atoms with Crippen LogP contribution >= 0.6 is 23.1 Å². The maximum absolute atomic E-state index is 13.2.